The Balaban J connectivity index is 1.36. The van der Waals surface area contributed by atoms with Crippen molar-refractivity contribution in [3.8, 4) is 17.0 Å². The van der Waals surface area contributed by atoms with Gasteiger partial charge in [-0.25, -0.2) is 0 Å². The molecule has 6 rings (SSSR count). The van der Waals surface area contributed by atoms with Gasteiger partial charge >= 0.3 is 0 Å². The first kappa shape index (κ1) is 24.3. The number of halogens is 2. The Morgan fingerprint density at radius 1 is 0.789 bits per heavy atom. The Kier molecular flexibility index (Phi) is 6.62. The van der Waals surface area contributed by atoms with Crippen LogP contribution in [-0.2, 0) is 13.2 Å². The predicted molar refractivity (Wildman–Crippen MR) is 149 cm³/mol. The van der Waals surface area contributed by atoms with Crippen LogP contribution in [0.2, 0.25) is 10.0 Å². The number of aromatic nitrogens is 2. The lowest BCUT2D eigenvalue weighted by molar-refractivity contribution is 0.0730. The Morgan fingerprint density at radius 2 is 1.45 bits per heavy atom. The molecule has 1 atom stereocenters. The highest BCUT2D eigenvalue weighted by molar-refractivity contribution is 6.30. The molecule has 1 aliphatic rings. The van der Waals surface area contributed by atoms with E-state index in [9.17, 15) is 4.79 Å². The van der Waals surface area contributed by atoms with Crippen molar-refractivity contribution < 1.29 is 9.53 Å². The summed E-state index contributed by atoms with van der Waals surface area (Å²) >= 11 is 12.2. The lowest BCUT2D eigenvalue weighted by atomic mass is 9.96. The van der Waals surface area contributed by atoms with E-state index in [1.807, 2.05) is 108 Å². The molecule has 0 bridgehead atoms. The van der Waals surface area contributed by atoms with Gasteiger partial charge in [-0.15, -0.1) is 0 Å². The maximum atomic E-state index is 13.7. The number of aromatic amines is 1. The zero-order valence-corrected chi connectivity index (χ0v) is 21.8. The second-order valence-corrected chi connectivity index (χ2v) is 10.0. The fourth-order valence-electron chi connectivity index (χ4n) is 4.81. The third kappa shape index (κ3) is 4.78. The van der Waals surface area contributed by atoms with Crippen LogP contribution in [0.25, 0.3) is 11.3 Å². The molecule has 5 nitrogen and oxygen atoms in total. The van der Waals surface area contributed by atoms with Gasteiger partial charge in [0.15, 0.2) is 0 Å². The summed E-state index contributed by atoms with van der Waals surface area (Å²) in [5.41, 5.74) is 6.03. The lowest BCUT2D eigenvalue weighted by Crippen LogP contribution is -2.29. The molecule has 1 unspecified atom stereocenters. The van der Waals surface area contributed by atoms with Crippen molar-refractivity contribution in [1.82, 2.24) is 15.1 Å². The van der Waals surface area contributed by atoms with Crippen LogP contribution < -0.4 is 4.74 Å². The van der Waals surface area contributed by atoms with E-state index < -0.39 is 0 Å². The van der Waals surface area contributed by atoms with Gasteiger partial charge in [0.2, 0.25) is 0 Å². The highest BCUT2D eigenvalue weighted by atomic mass is 35.5. The van der Waals surface area contributed by atoms with Gasteiger partial charge in [0.05, 0.1) is 11.7 Å². The minimum Gasteiger partial charge on any atom is -0.489 e. The number of carbonyl (C=O) groups is 1. The summed E-state index contributed by atoms with van der Waals surface area (Å²) in [6.45, 7) is 0.910. The van der Waals surface area contributed by atoms with Crippen LogP contribution >= 0.6 is 23.2 Å². The second-order valence-electron chi connectivity index (χ2n) is 9.17. The van der Waals surface area contributed by atoms with Gasteiger partial charge in [0, 0.05) is 27.7 Å². The summed E-state index contributed by atoms with van der Waals surface area (Å²) in [4.78, 5) is 15.5. The molecule has 2 heterocycles. The number of nitrogens with zero attached hydrogens (tertiary/aromatic N) is 2. The minimum atomic E-state index is -0.333. The number of carbonyl (C=O) groups excluding carboxylic acids is 1. The first-order valence-corrected chi connectivity index (χ1v) is 13.0. The second kappa shape index (κ2) is 10.4. The summed E-state index contributed by atoms with van der Waals surface area (Å²) in [6.07, 6.45) is 0. The van der Waals surface area contributed by atoms with Gasteiger partial charge in [-0.2, -0.15) is 5.10 Å². The number of ether oxygens (including phenoxy) is 1. The summed E-state index contributed by atoms with van der Waals surface area (Å²) in [6, 6.07) is 32.7. The maximum absolute atomic E-state index is 13.7. The van der Waals surface area contributed by atoms with E-state index in [1.165, 1.54) is 0 Å². The molecule has 0 fully saturated rings. The molecule has 0 saturated carbocycles. The number of amides is 1. The number of hydrogen-bond donors (Lipinski definition) is 1. The SMILES string of the molecule is O=C1c2[nH]nc(-c3ccc(Cl)cc3)c2C(c2ccc(OCc3ccccc3)cc2)N1Cc1ccc(Cl)cc1. The minimum absolute atomic E-state index is 0.0999. The topological polar surface area (TPSA) is 58.2 Å². The quantitative estimate of drug-likeness (QED) is 0.230. The molecule has 7 heteroatoms. The van der Waals surface area contributed by atoms with Gasteiger partial charge in [-0.1, -0.05) is 89.9 Å². The summed E-state index contributed by atoms with van der Waals surface area (Å²) in [5, 5.41) is 8.84. The molecule has 4 aromatic carbocycles. The molecule has 188 valence electrons. The van der Waals surface area contributed by atoms with Gasteiger partial charge in [-0.3, -0.25) is 9.89 Å². The van der Waals surface area contributed by atoms with E-state index >= 15 is 0 Å². The standard InChI is InChI=1S/C31H23Cl2N3O2/c32-24-12-6-20(7-13-24)18-36-30(23-10-16-26(17-11-23)38-19-21-4-2-1-3-5-21)27-28(34-35-29(27)31(36)37)22-8-14-25(33)15-9-22/h1-17,30H,18-19H2,(H,34,35). The molecule has 0 saturated heterocycles. The summed E-state index contributed by atoms with van der Waals surface area (Å²) in [5.74, 6) is 0.661. The number of rotatable bonds is 7. The van der Waals surface area contributed by atoms with E-state index in [0.29, 0.717) is 28.9 Å². The summed E-state index contributed by atoms with van der Waals surface area (Å²) < 4.78 is 6.00. The average molecular weight is 540 g/mol. The van der Waals surface area contributed by atoms with Crippen molar-refractivity contribution in [3.63, 3.8) is 0 Å². The molecule has 1 aliphatic heterocycles. The third-order valence-electron chi connectivity index (χ3n) is 6.69. The van der Waals surface area contributed by atoms with Crippen LogP contribution in [0.15, 0.2) is 103 Å². The number of fused-ring (bicyclic) bond motifs is 1. The molecule has 0 radical (unpaired) electrons. The molecule has 1 aromatic heterocycles. The molecular formula is C31H23Cl2N3O2. The van der Waals surface area contributed by atoms with E-state index in [2.05, 4.69) is 10.2 Å². The molecular weight excluding hydrogens is 517 g/mol. The highest BCUT2D eigenvalue weighted by Crippen LogP contribution is 2.44. The van der Waals surface area contributed by atoms with E-state index in [4.69, 9.17) is 27.9 Å². The fraction of sp³-hybridized carbons (Fsp3) is 0.0968. The van der Waals surface area contributed by atoms with E-state index in [-0.39, 0.29) is 11.9 Å². The monoisotopic (exact) mass is 539 g/mol. The Morgan fingerprint density at radius 3 is 2.13 bits per heavy atom. The van der Waals surface area contributed by atoms with Crippen molar-refractivity contribution in [2.45, 2.75) is 19.2 Å². The van der Waals surface area contributed by atoms with Crippen LogP contribution in [0.5, 0.6) is 5.75 Å². The predicted octanol–water partition coefficient (Wildman–Crippen LogP) is 7.71. The number of nitrogens with one attached hydrogen (secondary N) is 1. The number of benzene rings is 4. The Hall–Kier alpha value is -4.06. The molecule has 0 spiro atoms. The van der Waals surface area contributed by atoms with Crippen LogP contribution in [0.1, 0.15) is 38.8 Å². The van der Waals surface area contributed by atoms with Crippen molar-refractivity contribution in [2.75, 3.05) is 0 Å². The van der Waals surface area contributed by atoms with E-state index in [1.54, 1.807) is 0 Å². The first-order chi connectivity index (χ1) is 18.6. The molecule has 1 N–H and O–H groups in total. The normalized spacial score (nSPS) is 14.5. The molecule has 5 aromatic rings. The Labute approximate surface area is 230 Å². The number of hydrogen-bond acceptors (Lipinski definition) is 3. The van der Waals surface area contributed by atoms with Crippen LogP contribution in [-0.4, -0.2) is 21.0 Å². The third-order valence-corrected chi connectivity index (χ3v) is 7.20. The highest BCUT2D eigenvalue weighted by Gasteiger charge is 2.42. The van der Waals surface area contributed by atoms with Crippen LogP contribution in [0.4, 0.5) is 0 Å². The molecule has 1 amide bonds. The van der Waals surface area contributed by atoms with E-state index in [0.717, 1.165) is 39.3 Å². The van der Waals surface area contributed by atoms with Crippen molar-refractivity contribution in [1.29, 1.82) is 0 Å². The smallest absolute Gasteiger partial charge is 0.273 e. The van der Waals surface area contributed by atoms with Crippen molar-refractivity contribution in [3.05, 3.63) is 141 Å². The molecule has 38 heavy (non-hydrogen) atoms. The number of H-pyrrole nitrogens is 1. The average Bonchev–Trinajstić information content (AvgIpc) is 3.49. The molecule has 0 aliphatic carbocycles. The van der Waals surface area contributed by atoms with Gasteiger partial charge in [0.25, 0.3) is 5.91 Å². The zero-order chi connectivity index (χ0) is 26.1. The van der Waals surface area contributed by atoms with Gasteiger partial charge in [-0.05, 0) is 53.1 Å². The summed E-state index contributed by atoms with van der Waals surface area (Å²) in [7, 11) is 0. The Bertz CT molecular complexity index is 1570. The zero-order valence-electron chi connectivity index (χ0n) is 20.3. The van der Waals surface area contributed by atoms with Crippen molar-refractivity contribution in [2.24, 2.45) is 0 Å². The fourth-order valence-corrected chi connectivity index (χ4v) is 5.06. The first-order valence-electron chi connectivity index (χ1n) is 12.2. The van der Waals surface area contributed by atoms with Gasteiger partial charge < -0.3 is 9.64 Å². The van der Waals surface area contributed by atoms with Gasteiger partial charge in [0.1, 0.15) is 18.1 Å². The largest absolute Gasteiger partial charge is 0.489 e. The van der Waals surface area contributed by atoms with Crippen LogP contribution in [0, 0.1) is 0 Å². The maximum Gasteiger partial charge on any atom is 0.273 e. The lowest BCUT2D eigenvalue weighted by Gasteiger charge is -2.26. The van der Waals surface area contributed by atoms with Crippen molar-refractivity contribution >= 4 is 29.1 Å². The van der Waals surface area contributed by atoms with Crippen LogP contribution in [0.3, 0.4) is 0 Å².